The molecule has 0 amide bonds. The molecular weight excluding hydrogens is 296 g/mol. The van der Waals surface area contributed by atoms with Gasteiger partial charge in [0.25, 0.3) is 0 Å². The van der Waals surface area contributed by atoms with Gasteiger partial charge in [-0.1, -0.05) is 40.2 Å². The van der Waals surface area contributed by atoms with E-state index in [0.717, 1.165) is 28.2 Å². The molecule has 0 unspecified atom stereocenters. The Balaban J connectivity index is 2.48. The lowest BCUT2D eigenvalue weighted by molar-refractivity contribution is 0.491. The van der Waals surface area contributed by atoms with Gasteiger partial charge in [-0.3, -0.25) is 0 Å². The van der Waals surface area contributed by atoms with Crippen LogP contribution in [0.2, 0.25) is 0 Å². The fourth-order valence-corrected chi connectivity index (χ4v) is 1.70. The molecule has 0 atom stereocenters. The number of benzene rings is 1. The van der Waals surface area contributed by atoms with Crippen LogP contribution in [0.15, 0.2) is 40.9 Å². The molecule has 0 bridgehead atoms. The summed E-state index contributed by atoms with van der Waals surface area (Å²) in [7, 11) is 1.98. The molecule has 4 heteroatoms. The SMILES string of the molecule is C=C(C)CNC(=S)N(C)Cc1ccc(Br)cc1. The van der Waals surface area contributed by atoms with Crippen molar-refractivity contribution in [1.29, 1.82) is 0 Å². The maximum Gasteiger partial charge on any atom is 0.169 e. The van der Waals surface area contributed by atoms with Gasteiger partial charge in [0.05, 0.1) is 0 Å². The predicted molar refractivity (Wildman–Crippen MR) is 81.0 cm³/mol. The van der Waals surface area contributed by atoms with Crippen molar-refractivity contribution in [2.45, 2.75) is 13.5 Å². The maximum absolute atomic E-state index is 5.28. The second-order valence-corrected chi connectivity index (χ2v) is 5.40. The second-order valence-electron chi connectivity index (χ2n) is 4.10. The molecule has 0 fully saturated rings. The molecule has 0 saturated heterocycles. The van der Waals surface area contributed by atoms with Crippen LogP contribution in [0.3, 0.4) is 0 Å². The number of nitrogens with one attached hydrogen (secondary N) is 1. The molecule has 17 heavy (non-hydrogen) atoms. The zero-order valence-electron chi connectivity index (χ0n) is 10.2. The van der Waals surface area contributed by atoms with Crippen LogP contribution in [0.4, 0.5) is 0 Å². The fraction of sp³-hybridized carbons (Fsp3) is 0.308. The molecule has 0 aliphatic carbocycles. The molecule has 0 radical (unpaired) electrons. The van der Waals surface area contributed by atoms with E-state index in [-0.39, 0.29) is 0 Å². The summed E-state index contributed by atoms with van der Waals surface area (Å²) in [5.41, 5.74) is 2.31. The van der Waals surface area contributed by atoms with Gasteiger partial charge in [-0.25, -0.2) is 0 Å². The smallest absolute Gasteiger partial charge is 0.169 e. The molecular formula is C13H17BrN2S. The molecule has 0 aliphatic rings. The minimum Gasteiger partial charge on any atom is -0.359 e. The minimum atomic E-state index is 0.726. The summed E-state index contributed by atoms with van der Waals surface area (Å²) in [6.45, 7) is 7.34. The van der Waals surface area contributed by atoms with Crippen LogP contribution in [0.25, 0.3) is 0 Å². The first kappa shape index (κ1) is 14.2. The highest BCUT2D eigenvalue weighted by Gasteiger charge is 2.04. The molecule has 1 rings (SSSR count). The van der Waals surface area contributed by atoms with Crippen LogP contribution < -0.4 is 5.32 Å². The Bertz CT molecular complexity index is 400. The number of halogens is 1. The van der Waals surface area contributed by atoms with Gasteiger partial charge in [-0.15, -0.1) is 0 Å². The van der Waals surface area contributed by atoms with E-state index in [4.69, 9.17) is 12.2 Å². The highest BCUT2D eigenvalue weighted by molar-refractivity contribution is 9.10. The highest BCUT2D eigenvalue weighted by atomic mass is 79.9. The largest absolute Gasteiger partial charge is 0.359 e. The first-order valence-corrected chi connectivity index (χ1v) is 6.57. The summed E-state index contributed by atoms with van der Waals surface area (Å²) >= 11 is 8.70. The molecule has 2 nitrogen and oxygen atoms in total. The Hall–Kier alpha value is -0.870. The Morgan fingerprint density at radius 3 is 2.53 bits per heavy atom. The molecule has 1 N–H and O–H groups in total. The number of hydrogen-bond donors (Lipinski definition) is 1. The van der Waals surface area contributed by atoms with E-state index in [2.05, 4.69) is 40.0 Å². The molecule has 92 valence electrons. The first-order chi connectivity index (χ1) is 7.99. The standard InChI is InChI=1S/C13H17BrN2S/c1-10(2)8-15-13(17)16(3)9-11-4-6-12(14)7-5-11/h4-7H,1,8-9H2,2-3H3,(H,15,17). The van der Waals surface area contributed by atoms with Crippen molar-refractivity contribution in [2.24, 2.45) is 0 Å². The summed E-state index contributed by atoms with van der Waals surface area (Å²) in [6, 6.07) is 8.24. The van der Waals surface area contributed by atoms with Gasteiger partial charge in [0, 0.05) is 24.6 Å². The number of hydrogen-bond acceptors (Lipinski definition) is 1. The average Bonchev–Trinajstić information content (AvgIpc) is 2.28. The molecule has 1 aromatic carbocycles. The third-order valence-electron chi connectivity index (χ3n) is 2.22. The number of thiocarbonyl (C=S) groups is 1. The third kappa shape index (κ3) is 5.33. The Morgan fingerprint density at radius 2 is 2.00 bits per heavy atom. The van der Waals surface area contributed by atoms with Gasteiger partial charge < -0.3 is 10.2 Å². The van der Waals surface area contributed by atoms with Crippen LogP contribution in [-0.4, -0.2) is 23.6 Å². The highest BCUT2D eigenvalue weighted by Crippen LogP contribution is 2.11. The average molecular weight is 313 g/mol. The second kappa shape index (κ2) is 6.77. The van der Waals surface area contributed by atoms with Crippen molar-refractivity contribution in [2.75, 3.05) is 13.6 Å². The van der Waals surface area contributed by atoms with E-state index in [0.29, 0.717) is 0 Å². The molecule has 0 aliphatic heterocycles. The van der Waals surface area contributed by atoms with Crippen molar-refractivity contribution in [3.05, 3.63) is 46.5 Å². The van der Waals surface area contributed by atoms with Gasteiger partial charge >= 0.3 is 0 Å². The van der Waals surface area contributed by atoms with Crippen molar-refractivity contribution < 1.29 is 0 Å². The first-order valence-electron chi connectivity index (χ1n) is 5.37. The predicted octanol–water partition coefficient (Wildman–Crippen LogP) is 3.33. The number of nitrogens with zero attached hydrogens (tertiary/aromatic N) is 1. The summed E-state index contributed by atoms with van der Waals surface area (Å²) in [6.07, 6.45) is 0. The number of rotatable bonds is 4. The van der Waals surface area contributed by atoms with Crippen molar-refractivity contribution in [3.8, 4) is 0 Å². The van der Waals surface area contributed by atoms with Crippen molar-refractivity contribution >= 4 is 33.3 Å². The van der Waals surface area contributed by atoms with Gasteiger partial charge in [0.2, 0.25) is 0 Å². The third-order valence-corrected chi connectivity index (χ3v) is 3.21. The topological polar surface area (TPSA) is 15.3 Å². The summed E-state index contributed by atoms with van der Waals surface area (Å²) in [4.78, 5) is 2.02. The Morgan fingerprint density at radius 1 is 1.41 bits per heavy atom. The summed E-state index contributed by atoms with van der Waals surface area (Å²) in [5, 5.41) is 3.91. The van der Waals surface area contributed by atoms with E-state index in [1.165, 1.54) is 5.56 Å². The van der Waals surface area contributed by atoms with E-state index in [1.807, 2.05) is 31.0 Å². The zero-order valence-corrected chi connectivity index (χ0v) is 12.6. The lowest BCUT2D eigenvalue weighted by Crippen LogP contribution is -2.37. The maximum atomic E-state index is 5.28. The van der Waals surface area contributed by atoms with Gasteiger partial charge in [-0.05, 0) is 36.8 Å². The Kier molecular flexibility index (Phi) is 5.65. The Labute approximate surface area is 117 Å². The normalized spacial score (nSPS) is 9.82. The molecule has 0 aromatic heterocycles. The molecule has 0 saturated carbocycles. The van der Waals surface area contributed by atoms with Gasteiger partial charge in [0.15, 0.2) is 5.11 Å². The van der Waals surface area contributed by atoms with E-state index < -0.39 is 0 Å². The summed E-state index contributed by atoms with van der Waals surface area (Å²) < 4.78 is 1.09. The fourth-order valence-electron chi connectivity index (χ4n) is 1.30. The minimum absolute atomic E-state index is 0.726. The molecule has 1 aromatic rings. The lowest BCUT2D eigenvalue weighted by Gasteiger charge is -2.21. The van der Waals surface area contributed by atoms with E-state index in [9.17, 15) is 0 Å². The zero-order chi connectivity index (χ0) is 12.8. The summed E-state index contributed by atoms with van der Waals surface area (Å²) in [5.74, 6) is 0. The van der Waals surface area contributed by atoms with E-state index in [1.54, 1.807) is 0 Å². The van der Waals surface area contributed by atoms with E-state index >= 15 is 0 Å². The van der Waals surface area contributed by atoms with Crippen LogP contribution in [-0.2, 0) is 6.54 Å². The lowest BCUT2D eigenvalue weighted by atomic mass is 10.2. The van der Waals surface area contributed by atoms with Crippen LogP contribution in [0.5, 0.6) is 0 Å². The molecule has 0 heterocycles. The van der Waals surface area contributed by atoms with Crippen LogP contribution in [0.1, 0.15) is 12.5 Å². The van der Waals surface area contributed by atoms with Gasteiger partial charge in [-0.2, -0.15) is 0 Å². The van der Waals surface area contributed by atoms with Gasteiger partial charge in [0.1, 0.15) is 0 Å². The van der Waals surface area contributed by atoms with Crippen LogP contribution in [0, 0.1) is 0 Å². The van der Waals surface area contributed by atoms with Crippen molar-refractivity contribution in [1.82, 2.24) is 10.2 Å². The quantitative estimate of drug-likeness (QED) is 0.678. The monoisotopic (exact) mass is 312 g/mol. The van der Waals surface area contributed by atoms with Crippen LogP contribution >= 0.6 is 28.1 Å². The van der Waals surface area contributed by atoms with Crippen molar-refractivity contribution in [3.63, 3.8) is 0 Å². The molecule has 0 spiro atoms.